The molecule has 2 heterocycles. The highest BCUT2D eigenvalue weighted by Gasteiger charge is 2.36. The van der Waals surface area contributed by atoms with Crippen molar-refractivity contribution in [3.05, 3.63) is 29.3 Å². The number of piperazine rings is 1. The van der Waals surface area contributed by atoms with E-state index in [0.29, 0.717) is 30.9 Å². The van der Waals surface area contributed by atoms with Crippen molar-refractivity contribution in [3.63, 3.8) is 0 Å². The molecule has 19 heavy (non-hydrogen) atoms. The molecule has 0 bridgehead atoms. The first kappa shape index (κ1) is 12.3. The first-order valence-corrected chi connectivity index (χ1v) is 5.96. The van der Waals surface area contributed by atoms with Crippen LogP contribution in [-0.4, -0.2) is 31.7 Å². The molecular weight excluding hydrogens is 259 g/mol. The van der Waals surface area contributed by atoms with Gasteiger partial charge in [-0.3, -0.25) is 4.79 Å². The molecule has 4 nitrogen and oxygen atoms in total. The topological polar surface area (TPSA) is 44.4 Å². The molecule has 2 aliphatic heterocycles. The van der Waals surface area contributed by atoms with E-state index in [1.54, 1.807) is 0 Å². The average molecular weight is 271 g/mol. The summed E-state index contributed by atoms with van der Waals surface area (Å²) in [6.45, 7) is 1.78. The summed E-state index contributed by atoms with van der Waals surface area (Å²) < 4.78 is 38.2. The van der Waals surface area contributed by atoms with Crippen molar-refractivity contribution in [2.24, 2.45) is 0 Å². The van der Waals surface area contributed by atoms with Gasteiger partial charge in [0.1, 0.15) is 6.17 Å². The molecule has 1 aromatic rings. The van der Waals surface area contributed by atoms with Gasteiger partial charge in [0.05, 0.1) is 16.8 Å². The number of carbonyl (C=O) groups is 1. The first-order valence-electron chi connectivity index (χ1n) is 5.96. The van der Waals surface area contributed by atoms with Crippen molar-refractivity contribution in [1.82, 2.24) is 10.6 Å². The quantitative estimate of drug-likeness (QED) is 0.745. The Morgan fingerprint density at radius 3 is 2.84 bits per heavy atom. The maximum Gasteiger partial charge on any atom is 0.416 e. The van der Waals surface area contributed by atoms with Crippen LogP contribution in [0.2, 0.25) is 0 Å². The molecule has 1 saturated heterocycles. The fourth-order valence-electron chi connectivity index (χ4n) is 2.49. The van der Waals surface area contributed by atoms with Gasteiger partial charge in [-0.2, -0.15) is 13.2 Å². The fraction of sp³-hybridized carbons (Fsp3) is 0.417. The number of nitrogens with zero attached hydrogens (tertiary/aromatic N) is 1. The molecule has 0 saturated carbocycles. The van der Waals surface area contributed by atoms with E-state index in [-0.39, 0.29) is 12.1 Å². The number of alkyl halides is 3. The molecule has 0 radical (unpaired) electrons. The van der Waals surface area contributed by atoms with Crippen molar-refractivity contribution < 1.29 is 18.0 Å². The minimum atomic E-state index is -4.40. The summed E-state index contributed by atoms with van der Waals surface area (Å²) in [4.78, 5) is 13.7. The Hall–Kier alpha value is -1.76. The minimum absolute atomic E-state index is 0.280. The van der Waals surface area contributed by atoms with Gasteiger partial charge in [-0.05, 0) is 18.2 Å². The third-order valence-corrected chi connectivity index (χ3v) is 3.42. The van der Waals surface area contributed by atoms with E-state index in [1.807, 2.05) is 4.90 Å². The Labute approximate surface area is 107 Å². The summed E-state index contributed by atoms with van der Waals surface area (Å²) in [5.74, 6) is -0.325. The predicted octanol–water partition coefficient (Wildman–Crippen LogP) is 1.18. The molecule has 0 spiro atoms. The van der Waals surface area contributed by atoms with Crippen molar-refractivity contribution >= 4 is 11.6 Å². The average Bonchev–Trinajstić information content (AvgIpc) is 2.37. The SMILES string of the molecule is O=C1NC2CNCCN2c2cc(C(F)(F)F)ccc21. The number of benzene rings is 1. The van der Waals surface area contributed by atoms with Crippen LogP contribution in [-0.2, 0) is 6.18 Å². The summed E-state index contributed by atoms with van der Waals surface area (Å²) in [5, 5.41) is 5.88. The van der Waals surface area contributed by atoms with E-state index in [2.05, 4.69) is 10.6 Å². The van der Waals surface area contributed by atoms with E-state index in [0.717, 1.165) is 12.1 Å². The summed E-state index contributed by atoms with van der Waals surface area (Å²) >= 11 is 0. The first-order chi connectivity index (χ1) is 8.97. The fourth-order valence-corrected chi connectivity index (χ4v) is 2.49. The maximum atomic E-state index is 12.7. The molecular formula is C12H12F3N3O. The van der Waals surface area contributed by atoms with Crippen LogP contribution in [0.4, 0.5) is 18.9 Å². The Bertz CT molecular complexity index is 529. The van der Waals surface area contributed by atoms with E-state index < -0.39 is 11.7 Å². The highest BCUT2D eigenvalue weighted by molar-refractivity contribution is 6.02. The van der Waals surface area contributed by atoms with Gasteiger partial charge in [0.15, 0.2) is 0 Å². The minimum Gasteiger partial charge on any atom is -0.348 e. The number of anilines is 1. The van der Waals surface area contributed by atoms with Gasteiger partial charge >= 0.3 is 6.18 Å². The molecule has 2 aliphatic rings. The second-order valence-electron chi connectivity index (χ2n) is 4.62. The Kier molecular flexibility index (Phi) is 2.67. The number of hydrogen-bond donors (Lipinski definition) is 2. The largest absolute Gasteiger partial charge is 0.416 e. The number of nitrogens with one attached hydrogen (secondary N) is 2. The van der Waals surface area contributed by atoms with Crippen molar-refractivity contribution in [1.29, 1.82) is 0 Å². The monoisotopic (exact) mass is 271 g/mol. The lowest BCUT2D eigenvalue weighted by atomic mass is 10.0. The lowest BCUT2D eigenvalue weighted by molar-refractivity contribution is -0.137. The van der Waals surface area contributed by atoms with E-state index in [4.69, 9.17) is 0 Å². The van der Waals surface area contributed by atoms with Crippen LogP contribution in [0.1, 0.15) is 15.9 Å². The summed E-state index contributed by atoms with van der Waals surface area (Å²) in [5.41, 5.74) is -0.0607. The standard InChI is InChI=1S/C12H12F3N3O/c13-12(14,15)7-1-2-8-9(5-7)18-4-3-16-6-10(18)17-11(8)19/h1-2,5,10,16H,3-4,6H2,(H,17,19). The van der Waals surface area contributed by atoms with Crippen LogP contribution in [0.5, 0.6) is 0 Å². The van der Waals surface area contributed by atoms with Crippen LogP contribution >= 0.6 is 0 Å². The molecule has 1 atom stereocenters. The number of amides is 1. The van der Waals surface area contributed by atoms with Gasteiger partial charge in [0.2, 0.25) is 0 Å². The zero-order valence-electron chi connectivity index (χ0n) is 9.92. The summed E-state index contributed by atoms with van der Waals surface area (Å²) in [6, 6.07) is 3.25. The molecule has 0 aromatic heterocycles. The van der Waals surface area contributed by atoms with Gasteiger partial charge < -0.3 is 15.5 Å². The van der Waals surface area contributed by atoms with Crippen molar-refractivity contribution in [3.8, 4) is 0 Å². The van der Waals surface area contributed by atoms with Gasteiger partial charge in [0.25, 0.3) is 5.91 Å². The van der Waals surface area contributed by atoms with Crippen LogP contribution in [0.15, 0.2) is 18.2 Å². The van der Waals surface area contributed by atoms with E-state index in [9.17, 15) is 18.0 Å². The number of fused-ring (bicyclic) bond motifs is 3. The Balaban J connectivity index is 2.08. The predicted molar refractivity (Wildman–Crippen MR) is 62.9 cm³/mol. The second kappa shape index (κ2) is 4.12. The number of hydrogen-bond acceptors (Lipinski definition) is 3. The van der Waals surface area contributed by atoms with Crippen LogP contribution in [0.3, 0.4) is 0 Å². The molecule has 102 valence electrons. The molecule has 1 fully saturated rings. The molecule has 1 aromatic carbocycles. The van der Waals surface area contributed by atoms with E-state index in [1.165, 1.54) is 6.07 Å². The van der Waals surface area contributed by atoms with E-state index >= 15 is 0 Å². The zero-order chi connectivity index (χ0) is 13.6. The second-order valence-corrected chi connectivity index (χ2v) is 4.62. The number of rotatable bonds is 0. The third-order valence-electron chi connectivity index (χ3n) is 3.42. The number of carbonyl (C=O) groups excluding carboxylic acids is 1. The summed E-state index contributed by atoms with van der Waals surface area (Å²) in [7, 11) is 0. The van der Waals surface area contributed by atoms with Crippen LogP contribution < -0.4 is 15.5 Å². The smallest absolute Gasteiger partial charge is 0.348 e. The lowest BCUT2D eigenvalue weighted by Gasteiger charge is -2.42. The molecule has 0 aliphatic carbocycles. The molecule has 2 N–H and O–H groups in total. The number of halogens is 3. The Morgan fingerprint density at radius 2 is 2.11 bits per heavy atom. The maximum absolute atomic E-state index is 12.7. The normalized spacial score (nSPS) is 22.6. The van der Waals surface area contributed by atoms with Crippen molar-refractivity contribution in [2.45, 2.75) is 12.3 Å². The van der Waals surface area contributed by atoms with Crippen LogP contribution in [0, 0.1) is 0 Å². The molecule has 1 unspecified atom stereocenters. The molecule has 7 heteroatoms. The van der Waals surface area contributed by atoms with Crippen molar-refractivity contribution in [2.75, 3.05) is 24.5 Å². The summed E-state index contributed by atoms with van der Waals surface area (Å²) in [6.07, 6.45) is -4.68. The highest BCUT2D eigenvalue weighted by atomic mass is 19.4. The lowest BCUT2D eigenvalue weighted by Crippen LogP contribution is -2.62. The third kappa shape index (κ3) is 2.03. The van der Waals surface area contributed by atoms with Gasteiger partial charge in [-0.1, -0.05) is 0 Å². The van der Waals surface area contributed by atoms with Gasteiger partial charge in [-0.15, -0.1) is 0 Å². The molecule has 3 rings (SSSR count). The van der Waals surface area contributed by atoms with Gasteiger partial charge in [-0.25, -0.2) is 0 Å². The molecule has 1 amide bonds. The van der Waals surface area contributed by atoms with Gasteiger partial charge in [0, 0.05) is 19.6 Å². The zero-order valence-corrected chi connectivity index (χ0v) is 9.92. The Morgan fingerprint density at radius 1 is 1.32 bits per heavy atom. The highest BCUT2D eigenvalue weighted by Crippen LogP contribution is 2.35. The van der Waals surface area contributed by atoms with Crippen LogP contribution in [0.25, 0.3) is 0 Å².